The largest absolute Gasteiger partial charge is 0.298 e. The Hall–Kier alpha value is -2.03. The van der Waals surface area contributed by atoms with Gasteiger partial charge in [0.15, 0.2) is 6.29 Å². The van der Waals surface area contributed by atoms with E-state index in [0.717, 1.165) is 11.8 Å². The molecule has 1 heterocycles. The maximum absolute atomic E-state index is 13.1. The van der Waals surface area contributed by atoms with Crippen molar-refractivity contribution >= 4 is 6.29 Å². The van der Waals surface area contributed by atoms with Gasteiger partial charge >= 0.3 is 0 Å². The number of rotatable bonds is 2. The van der Waals surface area contributed by atoms with Gasteiger partial charge in [-0.05, 0) is 30.7 Å². The Morgan fingerprint density at radius 2 is 2.12 bits per heavy atom. The quantitative estimate of drug-likeness (QED) is 0.721. The summed E-state index contributed by atoms with van der Waals surface area (Å²) >= 11 is 0. The molecule has 2 rings (SSSR count). The molecule has 2 nitrogen and oxygen atoms in total. The molecule has 0 aliphatic rings. The van der Waals surface area contributed by atoms with E-state index in [1.807, 2.05) is 6.92 Å². The van der Waals surface area contributed by atoms with Gasteiger partial charge in [-0.1, -0.05) is 12.1 Å². The fraction of sp³-hybridized carbons (Fsp3) is 0.0769. The van der Waals surface area contributed by atoms with Crippen molar-refractivity contribution in [2.75, 3.05) is 0 Å². The average Bonchev–Trinajstić information content (AvgIpc) is 2.28. The number of aryl methyl sites for hydroxylation is 1. The Labute approximate surface area is 92.8 Å². The molecule has 0 unspecified atom stereocenters. The number of benzene rings is 1. The molecular weight excluding hydrogens is 205 g/mol. The predicted molar refractivity (Wildman–Crippen MR) is 59.8 cm³/mol. The number of carbonyl (C=O) groups excluding carboxylic acids is 1. The van der Waals surface area contributed by atoms with Crippen LogP contribution in [0.3, 0.4) is 0 Å². The van der Waals surface area contributed by atoms with E-state index in [1.54, 1.807) is 24.4 Å². The van der Waals surface area contributed by atoms with Gasteiger partial charge in [0.05, 0.1) is 5.69 Å². The molecule has 0 atom stereocenters. The van der Waals surface area contributed by atoms with Gasteiger partial charge in [0.2, 0.25) is 0 Å². The minimum atomic E-state index is -0.336. The van der Waals surface area contributed by atoms with Crippen LogP contribution in [0, 0.1) is 12.7 Å². The van der Waals surface area contributed by atoms with Crippen LogP contribution in [0.25, 0.3) is 11.3 Å². The van der Waals surface area contributed by atoms with Gasteiger partial charge in [-0.3, -0.25) is 9.78 Å². The van der Waals surface area contributed by atoms with E-state index in [1.165, 1.54) is 12.1 Å². The summed E-state index contributed by atoms with van der Waals surface area (Å²) in [7, 11) is 0. The number of aldehydes is 1. The third-order valence-electron chi connectivity index (χ3n) is 2.28. The maximum Gasteiger partial charge on any atom is 0.152 e. The van der Waals surface area contributed by atoms with Gasteiger partial charge in [-0.25, -0.2) is 4.39 Å². The Kier molecular flexibility index (Phi) is 2.77. The fourth-order valence-corrected chi connectivity index (χ4v) is 1.56. The predicted octanol–water partition coefficient (Wildman–Crippen LogP) is 3.01. The SMILES string of the molecule is Cc1cnc(-c2cccc(F)c2)c(C=O)c1. The van der Waals surface area contributed by atoms with Gasteiger partial charge in [-0.2, -0.15) is 0 Å². The molecule has 1 aromatic carbocycles. The van der Waals surface area contributed by atoms with E-state index in [4.69, 9.17) is 0 Å². The van der Waals surface area contributed by atoms with E-state index in [-0.39, 0.29) is 5.82 Å². The molecule has 0 spiro atoms. The molecule has 3 heteroatoms. The molecule has 16 heavy (non-hydrogen) atoms. The van der Waals surface area contributed by atoms with Crippen LogP contribution >= 0.6 is 0 Å². The van der Waals surface area contributed by atoms with Crippen molar-refractivity contribution in [1.82, 2.24) is 4.98 Å². The van der Waals surface area contributed by atoms with Gasteiger partial charge in [0.1, 0.15) is 5.82 Å². The van der Waals surface area contributed by atoms with Crippen molar-refractivity contribution in [1.29, 1.82) is 0 Å². The third-order valence-corrected chi connectivity index (χ3v) is 2.28. The molecule has 0 N–H and O–H groups in total. The zero-order chi connectivity index (χ0) is 11.5. The van der Waals surface area contributed by atoms with Crippen molar-refractivity contribution in [2.24, 2.45) is 0 Å². The highest BCUT2D eigenvalue weighted by Gasteiger charge is 2.07. The third kappa shape index (κ3) is 1.98. The lowest BCUT2D eigenvalue weighted by atomic mass is 10.1. The van der Waals surface area contributed by atoms with Crippen LogP contribution < -0.4 is 0 Å². The highest BCUT2D eigenvalue weighted by atomic mass is 19.1. The number of carbonyl (C=O) groups is 1. The Balaban J connectivity index is 2.59. The number of hydrogen-bond donors (Lipinski definition) is 0. The Morgan fingerprint density at radius 3 is 2.81 bits per heavy atom. The minimum absolute atomic E-state index is 0.336. The first-order valence-corrected chi connectivity index (χ1v) is 4.88. The summed E-state index contributed by atoms with van der Waals surface area (Å²) in [5.41, 5.74) is 2.51. The number of aromatic nitrogens is 1. The van der Waals surface area contributed by atoms with Gasteiger partial charge in [-0.15, -0.1) is 0 Å². The standard InChI is InChI=1S/C13H10FNO/c1-9-5-11(8-16)13(15-7-9)10-3-2-4-12(14)6-10/h2-8H,1H3. The zero-order valence-corrected chi connectivity index (χ0v) is 8.77. The highest BCUT2D eigenvalue weighted by molar-refractivity contribution is 5.85. The summed E-state index contributed by atoms with van der Waals surface area (Å²) in [6, 6.07) is 7.79. The maximum atomic E-state index is 13.1. The van der Waals surface area contributed by atoms with Crippen molar-refractivity contribution in [3.8, 4) is 11.3 Å². The van der Waals surface area contributed by atoms with Crippen molar-refractivity contribution in [3.63, 3.8) is 0 Å². The molecule has 0 amide bonds. The van der Waals surface area contributed by atoms with Crippen LogP contribution in [0.4, 0.5) is 4.39 Å². The fourth-order valence-electron chi connectivity index (χ4n) is 1.56. The first kappa shape index (κ1) is 10.5. The summed E-state index contributed by atoms with van der Waals surface area (Å²) in [6.45, 7) is 1.86. The Bertz CT molecular complexity index is 537. The second kappa shape index (κ2) is 4.23. The molecule has 0 fully saturated rings. The van der Waals surface area contributed by atoms with Crippen molar-refractivity contribution in [2.45, 2.75) is 6.92 Å². The van der Waals surface area contributed by atoms with Crippen LogP contribution in [0.5, 0.6) is 0 Å². The van der Waals surface area contributed by atoms with Crippen molar-refractivity contribution in [3.05, 3.63) is 53.5 Å². The summed E-state index contributed by atoms with van der Waals surface area (Å²) in [6.07, 6.45) is 2.40. The monoisotopic (exact) mass is 215 g/mol. The van der Waals surface area contributed by atoms with Gasteiger partial charge in [0, 0.05) is 17.3 Å². The molecular formula is C13H10FNO. The van der Waals surface area contributed by atoms with Crippen LogP contribution in [-0.2, 0) is 0 Å². The van der Waals surface area contributed by atoms with Gasteiger partial charge in [0.25, 0.3) is 0 Å². The van der Waals surface area contributed by atoms with E-state index in [2.05, 4.69) is 4.98 Å². The second-order valence-corrected chi connectivity index (χ2v) is 3.58. The lowest BCUT2D eigenvalue weighted by molar-refractivity contribution is 0.112. The molecule has 80 valence electrons. The minimum Gasteiger partial charge on any atom is -0.298 e. The molecule has 0 aliphatic carbocycles. The zero-order valence-electron chi connectivity index (χ0n) is 8.77. The normalized spacial score (nSPS) is 10.1. The summed E-state index contributed by atoms with van der Waals surface area (Å²) in [5, 5.41) is 0. The molecule has 1 aromatic heterocycles. The van der Waals surface area contributed by atoms with Crippen LogP contribution in [-0.4, -0.2) is 11.3 Å². The summed E-state index contributed by atoms with van der Waals surface area (Å²) in [4.78, 5) is 15.1. The molecule has 0 saturated carbocycles. The Morgan fingerprint density at radius 1 is 1.31 bits per heavy atom. The average molecular weight is 215 g/mol. The molecule has 0 saturated heterocycles. The smallest absolute Gasteiger partial charge is 0.152 e. The lowest BCUT2D eigenvalue weighted by Gasteiger charge is -2.04. The van der Waals surface area contributed by atoms with Crippen LogP contribution in [0.2, 0.25) is 0 Å². The van der Waals surface area contributed by atoms with Crippen LogP contribution in [0.15, 0.2) is 36.5 Å². The van der Waals surface area contributed by atoms with E-state index in [0.29, 0.717) is 16.8 Å². The number of nitrogens with zero attached hydrogens (tertiary/aromatic N) is 1. The van der Waals surface area contributed by atoms with Gasteiger partial charge < -0.3 is 0 Å². The first-order valence-electron chi connectivity index (χ1n) is 4.88. The van der Waals surface area contributed by atoms with Crippen LogP contribution in [0.1, 0.15) is 15.9 Å². The highest BCUT2D eigenvalue weighted by Crippen LogP contribution is 2.21. The lowest BCUT2D eigenvalue weighted by Crippen LogP contribution is -1.93. The molecule has 2 aromatic rings. The molecule has 0 aliphatic heterocycles. The van der Waals surface area contributed by atoms with E-state index >= 15 is 0 Å². The number of hydrogen-bond acceptors (Lipinski definition) is 2. The molecule has 0 radical (unpaired) electrons. The molecule has 0 bridgehead atoms. The topological polar surface area (TPSA) is 30.0 Å². The first-order chi connectivity index (χ1) is 7.70. The summed E-state index contributed by atoms with van der Waals surface area (Å²) < 4.78 is 13.1. The van der Waals surface area contributed by atoms with E-state index < -0.39 is 0 Å². The second-order valence-electron chi connectivity index (χ2n) is 3.58. The van der Waals surface area contributed by atoms with E-state index in [9.17, 15) is 9.18 Å². The van der Waals surface area contributed by atoms with Crippen molar-refractivity contribution < 1.29 is 9.18 Å². The number of pyridine rings is 1. The number of halogens is 1. The summed E-state index contributed by atoms with van der Waals surface area (Å²) in [5.74, 6) is -0.336.